The third kappa shape index (κ3) is 37.0. The molecular weight excluding hydrogens is 725 g/mol. The van der Waals surface area contributed by atoms with E-state index in [4.69, 9.17) is 24.8 Å². The molecule has 0 aromatic heterocycles. The summed E-state index contributed by atoms with van der Waals surface area (Å²) >= 11 is 0. The lowest BCUT2D eigenvalue weighted by Gasteiger charge is -2.20. The van der Waals surface area contributed by atoms with Crippen molar-refractivity contribution in [3.8, 4) is 0 Å². The minimum Gasteiger partial charge on any atom is -0.480 e. The lowest BCUT2D eigenvalue weighted by Crippen LogP contribution is -2.34. The predicted octanol–water partition coefficient (Wildman–Crippen LogP) is 9.81. The van der Waals surface area contributed by atoms with Gasteiger partial charge in [-0.25, -0.2) is 4.57 Å². The van der Waals surface area contributed by atoms with E-state index in [1.165, 1.54) is 83.5 Å². The molecule has 0 radical (unpaired) electrons. The van der Waals surface area contributed by atoms with Crippen molar-refractivity contribution in [2.24, 2.45) is 5.73 Å². The summed E-state index contributed by atoms with van der Waals surface area (Å²) in [7, 11) is -4.74. The van der Waals surface area contributed by atoms with Gasteiger partial charge in [0.1, 0.15) is 12.6 Å². The summed E-state index contributed by atoms with van der Waals surface area (Å²) in [5.74, 6) is -2.49. The molecule has 5 N–H and O–H groups in total. The number of nitrogens with two attached hydrogens (primary N) is 1. The van der Waals surface area contributed by atoms with Crippen molar-refractivity contribution in [2.45, 2.75) is 193 Å². The van der Waals surface area contributed by atoms with E-state index in [2.05, 4.69) is 18.4 Å². The summed E-state index contributed by atoms with van der Waals surface area (Å²) in [6, 6.07) is -1.54. The lowest BCUT2D eigenvalue weighted by atomic mass is 10.0. The number of unbranched alkanes of at least 4 members (excludes halogenated alkanes) is 18. The maximum Gasteiger partial charge on any atom is 0.472 e. The normalized spacial score (nSPS) is 14.7. The molecule has 0 spiro atoms. The number of carbonyl (C=O) groups is 3. The van der Waals surface area contributed by atoms with Crippen molar-refractivity contribution in [1.29, 1.82) is 0 Å². The number of carboxylic acids is 1. The van der Waals surface area contributed by atoms with E-state index >= 15 is 0 Å². The SMILES string of the molecule is CCCCCCCCCCCCCCCC(=O)OCC(COP(=O)(O)OCC(N)C(=O)O)OC(=O)CCC/C=C\C/C=C\C=C/C(O)CCCCCCCC. The van der Waals surface area contributed by atoms with Crippen molar-refractivity contribution in [3.63, 3.8) is 0 Å². The molecule has 12 nitrogen and oxygen atoms in total. The van der Waals surface area contributed by atoms with Crippen LogP contribution in [-0.2, 0) is 37.5 Å². The van der Waals surface area contributed by atoms with Gasteiger partial charge in [0.05, 0.1) is 19.3 Å². The van der Waals surface area contributed by atoms with Gasteiger partial charge in [-0.05, 0) is 32.1 Å². The second-order valence-electron chi connectivity index (χ2n) is 14.3. The lowest BCUT2D eigenvalue weighted by molar-refractivity contribution is -0.161. The van der Waals surface area contributed by atoms with Crippen molar-refractivity contribution >= 4 is 25.7 Å². The van der Waals surface area contributed by atoms with Crippen LogP contribution in [0.5, 0.6) is 0 Å². The van der Waals surface area contributed by atoms with Gasteiger partial charge in [0, 0.05) is 12.8 Å². The molecule has 0 fully saturated rings. The number of carboxylic acid groups (broad SMARTS) is 1. The van der Waals surface area contributed by atoms with Crippen LogP contribution in [-0.4, -0.2) is 71.1 Å². The fourth-order valence-corrected chi connectivity index (χ4v) is 6.38. The number of aliphatic hydroxyl groups is 1. The Balaban J connectivity index is 4.54. The summed E-state index contributed by atoms with van der Waals surface area (Å²) in [5, 5.41) is 18.9. The number of aliphatic hydroxyl groups excluding tert-OH is 1. The Bertz CT molecular complexity index is 1100. The maximum atomic E-state index is 12.6. The van der Waals surface area contributed by atoms with Crippen LogP contribution < -0.4 is 5.73 Å². The molecule has 4 unspecified atom stereocenters. The van der Waals surface area contributed by atoms with Crippen LogP contribution in [0.1, 0.15) is 174 Å². The molecule has 0 aliphatic heterocycles. The van der Waals surface area contributed by atoms with E-state index in [-0.39, 0.29) is 19.4 Å². The first-order chi connectivity index (χ1) is 26.5. The Morgan fingerprint density at radius 2 is 1.18 bits per heavy atom. The number of phosphoric ester groups is 1. The van der Waals surface area contributed by atoms with Crippen LogP contribution >= 0.6 is 7.82 Å². The fourth-order valence-electron chi connectivity index (χ4n) is 5.60. The van der Waals surface area contributed by atoms with Gasteiger partial charge in [-0.2, -0.15) is 0 Å². The largest absolute Gasteiger partial charge is 0.480 e. The Hall–Kier alpha value is -2.34. The number of rotatable bonds is 39. The predicted molar refractivity (Wildman–Crippen MR) is 218 cm³/mol. The van der Waals surface area contributed by atoms with E-state index in [0.717, 1.165) is 38.5 Å². The number of esters is 2. The molecule has 55 heavy (non-hydrogen) atoms. The van der Waals surface area contributed by atoms with Gasteiger partial charge >= 0.3 is 25.7 Å². The average molecular weight is 802 g/mol. The Labute approximate surface area is 332 Å². The molecule has 0 saturated heterocycles. The Morgan fingerprint density at radius 3 is 1.76 bits per heavy atom. The zero-order chi connectivity index (χ0) is 40.8. The number of phosphoric acid groups is 1. The van der Waals surface area contributed by atoms with Crippen LogP contribution in [0, 0.1) is 0 Å². The molecule has 0 aliphatic carbocycles. The van der Waals surface area contributed by atoms with E-state index in [1.807, 2.05) is 30.4 Å². The molecule has 13 heteroatoms. The number of hydrogen-bond acceptors (Lipinski definition) is 10. The first-order valence-corrected chi connectivity index (χ1v) is 22.6. The van der Waals surface area contributed by atoms with Crippen LogP contribution in [0.2, 0.25) is 0 Å². The molecule has 0 amide bonds. The zero-order valence-corrected chi connectivity index (χ0v) is 35.0. The Kier molecular flexibility index (Phi) is 35.7. The monoisotopic (exact) mass is 802 g/mol. The van der Waals surface area contributed by atoms with Gasteiger partial charge in [0.15, 0.2) is 6.10 Å². The number of ether oxygens (including phenoxy) is 2. The van der Waals surface area contributed by atoms with Crippen LogP contribution in [0.3, 0.4) is 0 Å². The van der Waals surface area contributed by atoms with E-state index in [9.17, 15) is 28.9 Å². The number of hydrogen-bond donors (Lipinski definition) is 4. The Morgan fingerprint density at radius 1 is 0.655 bits per heavy atom. The van der Waals surface area contributed by atoms with Crippen molar-refractivity contribution in [1.82, 2.24) is 0 Å². The van der Waals surface area contributed by atoms with Gasteiger partial charge < -0.3 is 30.3 Å². The van der Waals surface area contributed by atoms with Crippen molar-refractivity contribution in [3.05, 3.63) is 36.5 Å². The van der Waals surface area contributed by atoms with Gasteiger partial charge in [0.2, 0.25) is 0 Å². The first-order valence-electron chi connectivity index (χ1n) is 21.1. The summed E-state index contributed by atoms with van der Waals surface area (Å²) in [6.45, 7) is 2.65. The highest BCUT2D eigenvalue weighted by molar-refractivity contribution is 7.47. The molecular formula is C42H76NO11P. The average Bonchev–Trinajstić information content (AvgIpc) is 3.15. The highest BCUT2D eigenvalue weighted by Gasteiger charge is 2.28. The minimum absolute atomic E-state index is 0.0591. The topological polar surface area (TPSA) is 192 Å². The van der Waals surface area contributed by atoms with E-state index in [1.54, 1.807) is 6.08 Å². The molecule has 0 aromatic carbocycles. The minimum atomic E-state index is -4.74. The summed E-state index contributed by atoms with van der Waals surface area (Å²) in [6.07, 6.45) is 35.3. The van der Waals surface area contributed by atoms with E-state index < -0.39 is 57.2 Å². The quantitative estimate of drug-likeness (QED) is 0.0151. The molecule has 0 heterocycles. The van der Waals surface area contributed by atoms with Gasteiger partial charge in [-0.3, -0.25) is 23.4 Å². The maximum absolute atomic E-state index is 12.6. The second-order valence-corrected chi connectivity index (χ2v) is 15.8. The van der Waals surface area contributed by atoms with Gasteiger partial charge in [0.25, 0.3) is 0 Å². The van der Waals surface area contributed by atoms with Gasteiger partial charge in [-0.15, -0.1) is 0 Å². The molecule has 0 saturated carbocycles. The third-order valence-corrected chi connectivity index (χ3v) is 9.95. The molecule has 0 aromatic rings. The second kappa shape index (κ2) is 37.2. The summed E-state index contributed by atoms with van der Waals surface area (Å²) in [5.41, 5.74) is 5.32. The molecule has 0 rings (SSSR count). The summed E-state index contributed by atoms with van der Waals surface area (Å²) < 4.78 is 32.5. The smallest absolute Gasteiger partial charge is 0.472 e. The number of allylic oxidation sites excluding steroid dienone is 5. The third-order valence-electron chi connectivity index (χ3n) is 9.00. The van der Waals surface area contributed by atoms with Crippen LogP contribution in [0.15, 0.2) is 36.5 Å². The van der Waals surface area contributed by atoms with Crippen LogP contribution in [0.4, 0.5) is 0 Å². The molecule has 320 valence electrons. The van der Waals surface area contributed by atoms with Gasteiger partial charge in [-0.1, -0.05) is 166 Å². The molecule has 0 bridgehead atoms. The number of aliphatic carboxylic acids is 1. The highest BCUT2D eigenvalue weighted by Crippen LogP contribution is 2.43. The first kappa shape index (κ1) is 52.7. The highest BCUT2D eigenvalue weighted by atomic mass is 31.2. The number of carbonyl (C=O) groups excluding carboxylic acids is 2. The zero-order valence-electron chi connectivity index (χ0n) is 34.1. The van der Waals surface area contributed by atoms with Crippen molar-refractivity contribution < 1.29 is 52.6 Å². The fraction of sp³-hybridized carbons (Fsp3) is 0.786. The van der Waals surface area contributed by atoms with Crippen LogP contribution in [0.25, 0.3) is 0 Å². The molecule has 4 atom stereocenters. The standard InChI is InChI=1S/C42H76NO11P/c1-3-5-7-9-11-12-13-14-15-16-20-24-28-32-40(45)51-34-38(35-52-55(49,50)53-36-39(43)42(47)48)54-41(46)33-29-25-21-18-17-19-23-27-31-37(44)30-26-22-10-8-6-4-2/h18-19,21,23,27,31,37-39,44H,3-17,20,22,24-26,28-30,32-36,43H2,1-2H3,(H,47,48)(H,49,50)/b21-18-,23-19-,31-27-. The molecule has 0 aliphatic rings. The summed E-state index contributed by atoms with van der Waals surface area (Å²) in [4.78, 5) is 45.8. The van der Waals surface area contributed by atoms with Crippen molar-refractivity contribution in [2.75, 3.05) is 19.8 Å². The van der Waals surface area contributed by atoms with E-state index in [0.29, 0.717) is 25.7 Å².